The van der Waals surface area contributed by atoms with Gasteiger partial charge in [0.05, 0.1) is 22.5 Å². The average Bonchev–Trinajstić information content (AvgIpc) is 3.04. The number of carbonyl (C=O) groups is 2. The third-order valence-electron chi connectivity index (χ3n) is 7.73. The van der Waals surface area contributed by atoms with E-state index in [4.69, 9.17) is 9.97 Å². The zero-order valence-electron chi connectivity index (χ0n) is 22.8. The largest absolute Gasteiger partial charge is 0.289 e. The van der Waals surface area contributed by atoms with E-state index in [1.165, 1.54) is 0 Å². The maximum absolute atomic E-state index is 13.3. The molecule has 0 aliphatic heterocycles. The number of allylic oxidation sites excluding steroid dienone is 2. The number of hydrogen-bond donors (Lipinski definition) is 0. The Hall–Kier alpha value is -5.36. The van der Waals surface area contributed by atoms with Gasteiger partial charge in [0.2, 0.25) is 0 Å². The standard InChI is InChI=1S/C36H26N4O2/c41-33-27(14-16-31-29(33)21-37-35(39-31)25-10-3-1-4-11-25)19-23-8-7-9-24(18-23)20-28-15-17-32-30(34(28)42)22-38-36(40-32)26-12-5-2-6-13-26/h1-13,18-22H,14-17H2/b27-19-,28-20+. The van der Waals surface area contributed by atoms with Gasteiger partial charge in [0.1, 0.15) is 0 Å². The molecule has 2 heterocycles. The van der Waals surface area contributed by atoms with Crippen LogP contribution in [-0.2, 0) is 12.8 Å². The summed E-state index contributed by atoms with van der Waals surface area (Å²) in [6.45, 7) is 0. The van der Waals surface area contributed by atoms with E-state index in [1.54, 1.807) is 12.4 Å². The van der Waals surface area contributed by atoms with Gasteiger partial charge >= 0.3 is 0 Å². The predicted octanol–water partition coefficient (Wildman–Crippen LogP) is 7.03. The van der Waals surface area contributed by atoms with Crippen molar-refractivity contribution in [2.45, 2.75) is 25.7 Å². The van der Waals surface area contributed by atoms with Crippen LogP contribution < -0.4 is 0 Å². The van der Waals surface area contributed by atoms with Crippen LogP contribution in [0.1, 0.15) is 56.1 Å². The fourth-order valence-electron chi connectivity index (χ4n) is 5.54. The molecule has 5 aromatic rings. The third-order valence-corrected chi connectivity index (χ3v) is 7.73. The zero-order valence-corrected chi connectivity index (χ0v) is 22.8. The molecule has 0 unspecified atom stereocenters. The highest BCUT2D eigenvalue weighted by Crippen LogP contribution is 2.29. The summed E-state index contributed by atoms with van der Waals surface area (Å²) in [5, 5.41) is 0. The first-order chi connectivity index (χ1) is 20.6. The van der Waals surface area contributed by atoms with Crippen LogP contribution >= 0.6 is 0 Å². The number of rotatable bonds is 4. The summed E-state index contributed by atoms with van der Waals surface area (Å²) in [6.07, 6.45) is 9.78. The van der Waals surface area contributed by atoms with Gasteiger partial charge < -0.3 is 0 Å². The minimum Gasteiger partial charge on any atom is -0.289 e. The van der Waals surface area contributed by atoms with Crippen LogP contribution in [0.2, 0.25) is 0 Å². The van der Waals surface area contributed by atoms with Gasteiger partial charge in [-0.15, -0.1) is 0 Å². The Morgan fingerprint density at radius 3 is 1.43 bits per heavy atom. The second kappa shape index (κ2) is 10.9. The van der Waals surface area contributed by atoms with Crippen molar-refractivity contribution >= 4 is 23.7 Å². The van der Waals surface area contributed by atoms with Crippen LogP contribution in [-0.4, -0.2) is 31.5 Å². The monoisotopic (exact) mass is 546 g/mol. The molecule has 2 aliphatic carbocycles. The van der Waals surface area contributed by atoms with E-state index in [1.807, 2.05) is 97.1 Å². The lowest BCUT2D eigenvalue weighted by Crippen LogP contribution is -2.17. The lowest BCUT2D eigenvalue weighted by Gasteiger charge is -2.17. The van der Waals surface area contributed by atoms with E-state index in [-0.39, 0.29) is 11.6 Å². The number of benzene rings is 3. The number of fused-ring (bicyclic) bond motifs is 2. The van der Waals surface area contributed by atoms with Crippen molar-refractivity contribution in [3.63, 3.8) is 0 Å². The SMILES string of the molecule is O=C1/C(=C\c2cccc(/C=C3\CCc4nc(-c5ccccc5)ncc4C3=O)c2)CCc2nc(-c3ccccc3)ncc21. The molecule has 2 aromatic heterocycles. The van der Waals surface area contributed by atoms with Gasteiger partial charge in [0.15, 0.2) is 23.2 Å². The summed E-state index contributed by atoms with van der Waals surface area (Å²) < 4.78 is 0. The lowest BCUT2D eigenvalue weighted by molar-refractivity contribution is 0.101. The van der Waals surface area contributed by atoms with Gasteiger partial charge in [-0.25, -0.2) is 19.9 Å². The van der Waals surface area contributed by atoms with Crippen LogP contribution in [0.25, 0.3) is 34.9 Å². The Kier molecular flexibility index (Phi) is 6.64. The molecule has 0 radical (unpaired) electrons. The molecule has 0 amide bonds. The Labute approximate surface area is 243 Å². The van der Waals surface area contributed by atoms with Crippen molar-refractivity contribution < 1.29 is 9.59 Å². The predicted molar refractivity (Wildman–Crippen MR) is 163 cm³/mol. The summed E-state index contributed by atoms with van der Waals surface area (Å²) in [7, 11) is 0. The zero-order chi connectivity index (χ0) is 28.5. The number of hydrogen-bond acceptors (Lipinski definition) is 6. The fourth-order valence-corrected chi connectivity index (χ4v) is 5.54. The molecular formula is C36H26N4O2. The fraction of sp³-hybridized carbons (Fsp3) is 0.111. The lowest BCUT2D eigenvalue weighted by atomic mass is 9.88. The topological polar surface area (TPSA) is 85.7 Å². The average molecular weight is 547 g/mol. The van der Waals surface area contributed by atoms with Crippen molar-refractivity contribution in [2.24, 2.45) is 0 Å². The number of aromatic nitrogens is 4. The van der Waals surface area contributed by atoms with Gasteiger partial charge in [-0.2, -0.15) is 0 Å². The van der Waals surface area contributed by atoms with Crippen molar-refractivity contribution in [2.75, 3.05) is 0 Å². The molecule has 0 atom stereocenters. The van der Waals surface area contributed by atoms with E-state index in [2.05, 4.69) is 9.97 Å². The highest BCUT2D eigenvalue weighted by molar-refractivity contribution is 6.13. The normalized spacial score (nSPS) is 16.4. The van der Waals surface area contributed by atoms with Crippen LogP contribution in [0, 0.1) is 0 Å². The van der Waals surface area contributed by atoms with E-state index in [0.717, 1.165) is 44.8 Å². The first kappa shape index (κ1) is 25.6. The van der Waals surface area contributed by atoms with Crippen LogP contribution in [0.4, 0.5) is 0 Å². The van der Waals surface area contributed by atoms with Gasteiger partial charge in [-0.1, -0.05) is 78.9 Å². The molecule has 7 rings (SSSR count). The van der Waals surface area contributed by atoms with E-state index < -0.39 is 0 Å². The van der Waals surface area contributed by atoms with Crippen molar-refractivity contribution in [1.82, 2.24) is 19.9 Å². The molecule has 0 bridgehead atoms. The van der Waals surface area contributed by atoms with Crippen molar-refractivity contribution in [1.29, 1.82) is 0 Å². The minimum atomic E-state index is -0.0337. The maximum Gasteiger partial charge on any atom is 0.192 e. The summed E-state index contributed by atoms with van der Waals surface area (Å²) >= 11 is 0. The third kappa shape index (κ3) is 4.99. The number of Topliss-reactive ketones (excluding diaryl/α,β-unsaturated/α-hetero) is 2. The maximum atomic E-state index is 13.3. The summed E-state index contributed by atoms with van der Waals surface area (Å²) in [5.74, 6) is 1.21. The molecule has 42 heavy (non-hydrogen) atoms. The van der Waals surface area contributed by atoms with Crippen molar-refractivity contribution in [3.05, 3.63) is 142 Å². The smallest absolute Gasteiger partial charge is 0.192 e. The van der Waals surface area contributed by atoms with Gasteiger partial charge in [-0.05, 0) is 55.0 Å². The summed E-state index contributed by atoms with van der Waals surface area (Å²) in [5.41, 5.74) is 7.88. The van der Waals surface area contributed by atoms with Gasteiger partial charge in [-0.3, -0.25) is 9.59 Å². The molecule has 6 heteroatoms. The van der Waals surface area contributed by atoms with Crippen LogP contribution in [0.5, 0.6) is 0 Å². The number of ketones is 2. The van der Waals surface area contributed by atoms with Crippen molar-refractivity contribution in [3.8, 4) is 22.8 Å². The molecule has 6 nitrogen and oxygen atoms in total. The van der Waals surface area contributed by atoms with E-state index in [0.29, 0.717) is 48.5 Å². The Bertz CT molecular complexity index is 1770. The molecule has 0 saturated carbocycles. The second-order valence-corrected chi connectivity index (χ2v) is 10.5. The number of aryl methyl sites for hydroxylation is 2. The molecule has 0 spiro atoms. The van der Waals surface area contributed by atoms with E-state index in [9.17, 15) is 9.59 Å². The Morgan fingerprint density at radius 1 is 0.524 bits per heavy atom. The molecule has 202 valence electrons. The first-order valence-electron chi connectivity index (χ1n) is 14.1. The molecule has 0 N–H and O–H groups in total. The Balaban J connectivity index is 1.11. The molecule has 3 aromatic carbocycles. The minimum absolute atomic E-state index is 0.0337. The summed E-state index contributed by atoms with van der Waals surface area (Å²) in [4.78, 5) is 45.0. The number of carbonyl (C=O) groups excluding carboxylic acids is 2. The molecule has 2 aliphatic rings. The highest BCUT2D eigenvalue weighted by Gasteiger charge is 2.25. The second-order valence-electron chi connectivity index (χ2n) is 10.5. The molecule has 0 saturated heterocycles. The quantitative estimate of drug-likeness (QED) is 0.225. The van der Waals surface area contributed by atoms with Crippen LogP contribution in [0.3, 0.4) is 0 Å². The number of nitrogens with zero attached hydrogens (tertiary/aromatic N) is 4. The molecular weight excluding hydrogens is 520 g/mol. The van der Waals surface area contributed by atoms with Crippen LogP contribution in [0.15, 0.2) is 108 Å². The first-order valence-corrected chi connectivity index (χ1v) is 14.1. The molecule has 0 fully saturated rings. The summed E-state index contributed by atoms with van der Waals surface area (Å²) in [6, 6.07) is 27.5. The van der Waals surface area contributed by atoms with Gasteiger partial charge in [0.25, 0.3) is 0 Å². The Morgan fingerprint density at radius 2 is 0.976 bits per heavy atom. The van der Waals surface area contributed by atoms with E-state index >= 15 is 0 Å². The highest BCUT2D eigenvalue weighted by atomic mass is 16.1. The van der Waals surface area contributed by atoms with Gasteiger partial charge in [0, 0.05) is 34.7 Å².